The molecule has 0 bridgehead atoms. The summed E-state index contributed by atoms with van der Waals surface area (Å²) >= 11 is 0. The summed E-state index contributed by atoms with van der Waals surface area (Å²) < 4.78 is 64.2. The summed E-state index contributed by atoms with van der Waals surface area (Å²) in [6, 6.07) is 0.269. The Morgan fingerprint density at radius 2 is 2.05 bits per heavy atom. The van der Waals surface area contributed by atoms with Crippen molar-refractivity contribution in [1.29, 1.82) is 0 Å². The first kappa shape index (κ1) is 17.3. The maximum Gasteiger partial charge on any atom is 0.417 e. The van der Waals surface area contributed by atoms with Gasteiger partial charge < -0.3 is 0 Å². The topological polar surface area (TPSA) is 33.2 Å². The van der Waals surface area contributed by atoms with Crippen LogP contribution in [0.15, 0.2) is 12.3 Å². The number of halogens is 5. The minimum absolute atomic E-state index is 0.0434. The number of anilines is 1. The zero-order chi connectivity index (χ0) is 16.2. The number of carbonyl (C=O) groups is 1. The third-order valence-electron chi connectivity index (χ3n) is 2.89. The molecule has 118 valence electrons. The number of rotatable bonds is 5. The average molecular weight is 310 g/mol. The first-order chi connectivity index (χ1) is 9.66. The predicted molar refractivity (Wildman–Crippen MR) is 67.0 cm³/mol. The van der Waals surface area contributed by atoms with Gasteiger partial charge in [-0.05, 0) is 18.9 Å². The summed E-state index contributed by atoms with van der Waals surface area (Å²) in [6.45, 7) is 2.57. The van der Waals surface area contributed by atoms with E-state index in [-0.39, 0.29) is 25.5 Å². The molecule has 3 nitrogen and oxygen atoms in total. The van der Waals surface area contributed by atoms with Crippen molar-refractivity contribution in [2.75, 3.05) is 11.4 Å². The molecule has 0 aliphatic rings. The number of aromatic nitrogens is 1. The van der Waals surface area contributed by atoms with E-state index < -0.39 is 35.5 Å². The molecule has 0 N–H and O–H groups in total. The number of alkyl halides is 4. The molecule has 0 saturated heterocycles. The van der Waals surface area contributed by atoms with Gasteiger partial charge in [0, 0.05) is 19.7 Å². The van der Waals surface area contributed by atoms with E-state index in [0.717, 1.165) is 11.8 Å². The zero-order valence-corrected chi connectivity index (χ0v) is 11.5. The lowest BCUT2D eigenvalue weighted by molar-refractivity contribution is -0.138. The monoisotopic (exact) mass is 310 g/mol. The van der Waals surface area contributed by atoms with Gasteiger partial charge in [-0.1, -0.05) is 6.92 Å². The van der Waals surface area contributed by atoms with Crippen LogP contribution in [0.2, 0.25) is 0 Å². The van der Waals surface area contributed by atoms with Crippen molar-refractivity contribution in [1.82, 2.24) is 4.98 Å². The molecule has 0 radical (unpaired) electrons. The lowest BCUT2D eigenvalue weighted by Crippen LogP contribution is -2.32. The van der Waals surface area contributed by atoms with E-state index in [1.165, 1.54) is 0 Å². The van der Waals surface area contributed by atoms with Gasteiger partial charge in [-0.25, -0.2) is 13.8 Å². The highest BCUT2D eigenvalue weighted by atomic mass is 19.4. The van der Waals surface area contributed by atoms with Crippen molar-refractivity contribution >= 4 is 11.7 Å². The molecule has 0 spiro atoms. The number of carbonyl (C=O) groups excluding carboxylic acids is 1. The Morgan fingerprint density at radius 1 is 1.43 bits per heavy atom. The highest BCUT2D eigenvalue weighted by molar-refractivity contribution is 5.90. The van der Waals surface area contributed by atoms with E-state index in [1.54, 1.807) is 6.92 Å². The van der Waals surface area contributed by atoms with Crippen molar-refractivity contribution in [2.45, 2.75) is 39.0 Å². The van der Waals surface area contributed by atoms with Crippen LogP contribution >= 0.6 is 0 Å². The molecule has 1 rings (SSSR count). The second-order valence-electron chi connectivity index (χ2n) is 4.49. The van der Waals surface area contributed by atoms with Gasteiger partial charge in [-0.2, -0.15) is 13.2 Å². The van der Waals surface area contributed by atoms with Gasteiger partial charge >= 0.3 is 6.18 Å². The van der Waals surface area contributed by atoms with Crippen molar-refractivity contribution in [3.63, 3.8) is 0 Å². The van der Waals surface area contributed by atoms with E-state index in [0.29, 0.717) is 6.20 Å². The predicted octanol–water partition coefficient (Wildman–Crippen LogP) is 3.73. The summed E-state index contributed by atoms with van der Waals surface area (Å²) in [6.07, 6.45) is -5.27. The quantitative estimate of drug-likeness (QED) is 0.776. The van der Waals surface area contributed by atoms with Gasteiger partial charge in [0.1, 0.15) is 6.17 Å². The van der Waals surface area contributed by atoms with E-state index in [4.69, 9.17) is 0 Å². The average Bonchev–Trinajstić information content (AvgIpc) is 2.38. The molecule has 0 fully saturated rings. The molecule has 1 aromatic rings. The lowest BCUT2D eigenvalue weighted by Gasteiger charge is -2.21. The van der Waals surface area contributed by atoms with Crippen molar-refractivity contribution in [3.05, 3.63) is 23.6 Å². The summed E-state index contributed by atoms with van der Waals surface area (Å²) in [5.41, 5.74) is -1.25. The van der Waals surface area contributed by atoms with Gasteiger partial charge in [0.25, 0.3) is 0 Å². The Labute approximate surface area is 118 Å². The molecule has 8 heteroatoms. The number of hydrogen-bond acceptors (Lipinski definition) is 2. The maximum absolute atomic E-state index is 13.7. The highest BCUT2D eigenvalue weighted by Crippen LogP contribution is 2.31. The number of amides is 1. The fraction of sp³-hybridized carbons (Fsp3) is 0.538. The Balaban J connectivity index is 3.01. The van der Waals surface area contributed by atoms with E-state index in [9.17, 15) is 26.7 Å². The van der Waals surface area contributed by atoms with Crippen LogP contribution in [0.5, 0.6) is 0 Å². The summed E-state index contributed by atoms with van der Waals surface area (Å²) in [7, 11) is 0. The first-order valence-electron chi connectivity index (χ1n) is 6.31. The van der Waals surface area contributed by atoms with E-state index >= 15 is 0 Å². The molecular weight excluding hydrogens is 295 g/mol. The molecule has 1 amide bonds. The Bertz CT molecular complexity index is 504. The van der Waals surface area contributed by atoms with Crippen molar-refractivity contribution < 1.29 is 26.7 Å². The summed E-state index contributed by atoms with van der Waals surface area (Å²) in [5, 5.41) is 0. The SMILES string of the molecule is CC[C@H](F)CCN(C(C)=O)c1ncc(C(F)(F)F)cc1F. The van der Waals surface area contributed by atoms with Gasteiger partial charge in [-0.3, -0.25) is 9.69 Å². The van der Waals surface area contributed by atoms with Gasteiger partial charge in [0.15, 0.2) is 11.6 Å². The zero-order valence-electron chi connectivity index (χ0n) is 11.5. The molecule has 1 aromatic heterocycles. The lowest BCUT2D eigenvalue weighted by atomic mass is 10.2. The molecular formula is C13H15F5N2O. The second kappa shape index (κ2) is 6.82. The third kappa shape index (κ3) is 4.64. The Morgan fingerprint density at radius 3 is 2.48 bits per heavy atom. The molecule has 0 aliphatic carbocycles. The highest BCUT2D eigenvalue weighted by Gasteiger charge is 2.32. The second-order valence-corrected chi connectivity index (χ2v) is 4.49. The summed E-state index contributed by atoms with van der Waals surface area (Å²) in [4.78, 5) is 15.6. The molecule has 21 heavy (non-hydrogen) atoms. The van der Waals surface area contributed by atoms with Crippen LogP contribution in [0.25, 0.3) is 0 Å². The Kier molecular flexibility index (Phi) is 5.62. The van der Waals surface area contributed by atoms with Crippen molar-refractivity contribution in [2.24, 2.45) is 0 Å². The van der Waals surface area contributed by atoms with E-state index in [2.05, 4.69) is 4.98 Å². The maximum atomic E-state index is 13.7. The standard InChI is InChI=1S/C13H15F5N2O/c1-3-10(14)4-5-20(8(2)21)12-11(15)6-9(7-19-12)13(16,17)18/h6-7,10H,3-5H2,1-2H3/t10-/m0/s1. The molecule has 0 aliphatic heterocycles. The number of pyridine rings is 1. The minimum Gasteiger partial charge on any atom is -0.295 e. The first-order valence-corrected chi connectivity index (χ1v) is 6.31. The van der Waals surface area contributed by atoms with Gasteiger partial charge in [0.05, 0.1) is 5.56 Å². The molecule has 1 heterocycles. The molecule has 0 aromatic carbocycles. The van der Waals surface area contributed by atoms with Gasteiger partial charge in [0.2, 0.25) is 5.91 Å². The minimum atomic E-state index is -4.72. The van der Waals surface area contributed by atoms with Crippen molar-refractivity contribution in [3.8, 4) is 0 Å². The number of hydrogen-bond donors (Lipinski definition) is 0. The van der Waals surface area contributed by atoms with E-state index in [1.807, 2.05) is 0 Å². The fourth-order valence-electron chi connectivity index (χ4n) is 1.67. The van der Waals surface area contributed by atoms with Crippen LogP contribution < -0.4 is 4.90 Å². The van der Waals surface area contributed by atoms with Crippen LogP contribution in [0.1, 0.15) is 32.3 Å². The molecule has 0 unspecified atom stereocenters. The Hall–Kier alpha value is -1.73. The molecule has 1 atom stereocenters. The normalized spacial score (nSPS) is 13.1. The molecule has 0 saturated carbocycles. The van der Waals surface area contributed by atoms with Crippen LogP contribution in [0.3, 0.4) is 0 Å². The van der Waals surface area contributed by atoms with Crippen LogP contribution in [-0.2, 0) is 11.0 Å². The van der Waals surface area contributed by atoms with Crippen LogP contribution in [0.4, 0.5) is 27.8 Å². The van der Waals surface area contributed by atoms with Gasteiger partial charge in [-0.15, -0.1) is 0 Å². The smallest absolute Gasteiger partial charge is 0.295 e. The fourth-order valence-corrected chi connectivity index (χ4v) is 1.67. The number of nitrogens with zero attached hydrogens (tertiary/aromatic N) is 2. The van der Waals surface area contributed by atoms with Crippen LogP contribution in [-0.4, -0.2) is 23.6 Å². The largest absolute Gasteiger partial charge is 0.417 e. The van der Waals surface area contributed by atoms with Crippen LogP contribution in [0, 0.1) is 5.82 Å². The third-order valence-corrected chi connectivity index (χ3v) is 2.89. The summed E-state index contributed by atoms with van der Waals surface area (Å²) in [5.74, 6) is -2.42.